The Hall–Kier alpha value is -1.45. The number of rotatable bonds is 7. The fourth-order valence-electron chi connectivity index (χ4n) is 2.63. The molecule has 0 saturated carbocycles. The minimum Gasteiger partial charge on any atom is -0.351 e. The first kappa shape index (κ1) is 18.9. The Balaban J connectivity index is 1.96. The quantitative estimate of drug-likeness (QED) is 0.732. The number of nitrogens with one attached hydrogen (secondary N) is 1. The lowest BCUT2D eigenvalue weighted by Gasteiger charge is -2.21. The van der Waals surface area contributed by atoms with Crippen LogP contribution in [0.3, 0.4) is 0 Å². The number of amides is 1. The van der Waals surface area contributed by atoms with Gasteiger partial charge < -0.3 is 5.32 Å². The third kappa shape index (κ3) is 5.29. The fourth-order valence-corrected chi connectivity index (χ4v) is 5.80. The van der Waals surface area contributed by atoms with E-state index in [9.17, 15) is 21.6 Å². The summed E-state index contributed by atoms with van der Waals surface area (Å²) in [5.41, 5.74) is 0.651. The molecule has 9 heteroatoms. The van der Waals surface area contributed by atoms with E-state index in [1.807, 2.05) is 0 Å². The zero-order valence-corrected chi connectivity index (χ0v) is 15.1. The van der Waals surface area contributed by atoms with Gasteiger partial charge in [-0.15, -0.1) is 0 Å². The molecule has 1 saturated heterocycles. The molecule has 1 aromatic rings. The molecule has 1 atom stereocenters. The maximum absolute atomic E-state index is 12.5. The maximum Gasteiger partial charge on any atom is 0.235 e. The number of sulfonamides is 1. The monoisotopic (exact) mass is 374 g/mol. The van der Waals surface area contributed by atoms with Crippen LogP contribution in [0, 0.1) is 0 Å². The van der Waals surface area contributed by atoms with Crippen LogP contribution in [0.2, 0.25) is 0 Å². The van der Waals surface area contributed by atoms with E-state index in [4.69, 9.17) is 0 Å². The van der Waals surface area contributed by atoms with Crippen molar-refractivity contribution in [3.8, 4) is 0 Å². The van der Waals surface area contributed by atoms with Gasteiger partial charge in [-0.05, 0) is 12.0 Å². The first-order chi connectivity index (χ1) is 11.2. The molecule has 1 amide bonds. The molecule has 1 aliphatic rings. The average molecular weight is 374 g/mol. The van der Waals surface area contributed by atoms with Crippen LogP contribution in [-0.2, 0) is 30.4 Å². The van der Waals surface area contributed by atoms with Crippen molar-refractivity contribution < 1.29 is 21.6 Å². The summed E-state index contributed by atoms with van der Waals surface area (Å²) in [5, 5.41) is 2.61. The highest BCUT2D eigenvalue weighted by Crippen LogP contribution is 2.13. The number of hydrogen-bond acceptors (Lipinski definition) is 5. The van der Waals surface area contributed by atoms with Crippen molar-refractivity contribution in [2.75, 3.05) is 24.6 Å². The van der Waals surface area contributed by atoms with Crippen LogP contribution < -0.4 is 5.32 Å². The highest BCUT2D eigenvalue weighted by Gasteiger charge is 2.30. The SMILES string of the molecule is CCN(CC(=O)N[C@H]1CCS(=O)(=O)C1)S(=O)(=O)Cc1ccccc1. The summed E-state index contributed by atoms with van der Waals surface area (Å²) < 4.78 is 48.8. The lowest BCUT2D eigenvalue weighted by molar-refractivity contribution is -0.121. The summed E-state index contributed by atoms with van der Waals surface area (Å²) in [4.78, 5) is 12.1. The van der Waals surface area contributed by atoms with E-state index in [0.717, 1.165) is 4.31 Å². The Morgan fingerprint density at radius 3 is 2.50 bits per heavy atom. The van der Waals surface area contributed by atoms with Gasteiger partial charge >= 0.3 is 0 Å². The van der Waals surface area contributed by atoms with Crippen LogP contribution in [0.25, 0.3) is 0 Å². The van der Waals surface area contributed by atoms with E-state index in [0.29, 0.717) is 12.0 Å². The van der Waals surface area contributed by atoms with Gasteiger partial charge in [-0.25, -0.2) is 16.8 Å². The molecule has 24 heavy (non-hydrogen) atoms. The first-order valence-electron chi connectivity index (χ1n) is 7.73. The summed E-state index contributed by atoms with van der Waals surface area (Å²) in [6, 6.07) is 8.32. The number of likely N-dealkylation sites (N-methyl/N-ethyl adjacent to an activating group) is 1. The molecular formula is C15H22N2O5S2. The number of nitrogens with zero attached hydrogens (tertiary/aromatic N) is 1. The third-order valence-electron chi connectivity index (χ3n) is 3.86. The predicted molar refractivity (Wildman–Crippen MR) is 91.5 cm³/mol. The smallest absolute Gasteiger partial charge is 0.235 e. The Morgan fingerprint density at radius 1 is 1.29 bits per heavy atom. The van der Waals surface area contributed by atoms with Crippen molar-refractivity contribution in [3.63, 3.8) is 0 Å². The molecule has 0 bridgehead atoms. The van der Waals surface area contributed by atoms with Gasteiger partial charge in [0.2, 0.25) is 15.9 Å². The topological polar surface area (TPSA) is 101 Å². The van der Waals surface area contributed by atoms with Gasteiger partial charge in [0.25, 0.3) is 0 Å². The zero-order valence-electron chi connectivity index (χ0n) is 13.5. The van der Waals surface area contributed by atoms with E-state index >= 15 is 0 Å². The summed E-state index contributed by atoms with van der Waals surface area (Å²) in [7, 11) is -6.71. The van der Waals surface area contributed by atoms with Gasteiger partial charge in [0.05, 0.1) is 23.8 Å². The van der Waals surface area contributed by atoms with E-state index in [1.54, 1.807) is 37.3 Å². The largest absolute Gasteiger partial charge is 0.351 e. The van der Waals surface area contributed by atoms with Gasteiger partial charge in [-0.1, -0.05) is 37.3 Å². The average Bonchev–Trinajstić information content (AvgIpc) is 2.84. The molecule has 1 fully saturated rings. The molecule has 0 aliphatic carbocycles. The van der Waals surface area contributed by atoms with Crippen LogP contribution in [-0.4, -0.2) is 57.7 Å². The second-order valence-corrected chi connectivity index (χ2v) is 10.0. The van der Waals surface area contributed by atoms with E-state index in [-0.39, 0.29) is 30.3 Å². The Kier molecular flexibility index (Phi) is 6.00. The zero-order chi connectivity index (χ0) is 17.8. The normalized spacial score (nSPS) is 20.2. The summed E-state index contributed by atoms with van der Waals surface area (Å²) in [6.07, 6.45) is 0.372. The molecule has 1 N–H and O–H groups in total. The Bertz CT molecular complexity index is 775. The van der Waals surface area contributed by atoms with Crippen LogP contribution in [0.4, 0.5) is 0 Å². The Morgan fingerprint density at radius 2 is 1.96 bits per heavy atom. The van der Waals surface area contributed by atoms with Crippen molar-refractivity contribution in [2.45, 2.75) is 25.1 Å². The maximum atomic E-state index is 12.5. The second kappa shape index (κ2) is 7.62. The molecule has 1 heterocycles. The number of carbonyl (C=O) groups is 1. The van der Waals surface area contributed by atoms with Crippen LogP contribution >= 0.6 is 0 Å². The highest BCUT2D eigenvalue weighted by molar-refractivity contribution is 7.91. The first-order valence-corrected chi connectivity index (χ1v) is 11.2. The van der Waals surface area contributed by atoms with Crippen LogP contribution in [0.1, 0.15) is 18.9 Å². The lowest BCUT2D eigenvalue weighted by atomic mass is 10.2. The lowest BCUT2D eigenvalue weighted by Crippen LogP contribution is -2.44. The second-order valence-electron chi connectivity index (χ2n) is 5.84. The predicted octanol–water partition coefficient (Wildman–Crippen LogP) is 0.142. The summed E-state index contributed by atoms with van der Waals surface area (Å²) in [6.45, 7) is 1.53. The number of hydrogen-bond donors (Lipinski definition) is 1. The van der Waals surface area contributed by atoms with Crippen molar-refractivity contribution in [2.24, 2.45) is 0 Å². The number of sulfone groups is 1. The minimum atomic E-state index is -3.62. The van der Waals surface area contributed by atoms with Gasteiger partial charge in [0.15, 0.2) is 9.84 Å². The van der Waals surface area contributed by atoms with Crippen molar-refractivity contribution in [1.82, 2.24) is 9.62 Å². The van der Waals surface area contributed by atoms with Crippen LogP contribution in [0.15, 0.2) is 30.3 Å². The molecule has 0 aromatic heterocycles. The van der Waals surface area contributed by atoms with Gasteiger partial charge in [0.1, 0.15) is 0 Å². The van der Waals surface area contributed by atoms with Gasteiger partial charge in [0, 0.05) is 12.6 Å². The molecule has 134 valence electrons. The molecule has 2 rings (SSSR count). The number of carbonyl (C=O) groups excluding carboxylic acids is 1. The molecule has 0 unspecified atom stereocenters. The third-order valence-corrected chi connectivity index (χ3v) is 7.50. The fraction of sp³-hybridized carbons (Fsp3) is 0.533. The number of benzene rings is 1. The molecule has 1 aromatic carbocycles. The van der Waals surface area contributed by atoms with Gasteiger partial charge in [-0.2, -0.15) is 4.31 Å². The van der Waals surface area contributed by atoms with Gasteiger partial charge in [-0.3, -0.25) is 4.79 Å². The van der Waals surface area contributed by atoms with E-state index in [2.05, 4.69) is 5.32 Å². The summed E-state index contributed by atoms with van der Waals surface area (Å²) in [5.74, 6) is -0.675. The Labute approximate surface area is 143 Å². The molecule has 7 nitrogen and oxygen atoms in total. The van der Waals surface area contributed by atoms with E-state index < -0.39 is 31.8 Å². The molecule has 0 radical (unpaired) electrons. The summed E-state index contributed by atoms with van der Waals surface area (Å²) >= 11 is 0. The molecule has 1 aliphatic heterocycles. The highest BCUT2D eigenvalue weighted by atomic mass is 32.2. The van der Waals surface area contributed by atoms with Crippen LogP contribution in [0.5, 0.6) is 0 Å². The minimum absolute atomic E-state index is 0.0573. The van der Waals surface area contributed by atoms with Crippen molar-refractivity contribution in [3.05, 3.63) is 35.9 Å². The van der Waals surface area contributed by atoms with Crippen molar-refractivity contribution in [1.29, 1.82) is 0 Å². The molecule has 0 spiro atoms. The van der Waals surface area contributed by atoms with Crippen molar-refractivity contribution >= 4 is 25.8 Å². The standard InChI is InChI=1S/C15H22N2O5S2/c1-2-17(24(21,22)11-13-6-4-3-5-7-13)10-15(18)16-14-8-9-23(19,20)12-14/h3-7,14H,2,8-12H2,1H3,(H,16,18)/t14-/m0/s1. The molecular weight excluding hydrogens is 352 g/mol. The van der Waals surface area contributed by atoms with E-state index in [1.165, 1.54) is 0 Å².